The number of aromatic nitrogens is 2. The maximum atomic E-state index is 12.4. The topological polar surface area (TPSA) is 34.9 Å². The van der Waals surface area contributed by atoms with Crippen molar-refractivity contribution in [2.24, 2.45) is 0 Å². The van der Waals surface area contributed by atoms with Crippen LogP contribution in [0.15, 0.2) is 33.2 Å². The summed E-state index contributed by atoms with van der Waals surface area (Å²) in [4.78, 5) is 12.4. The van der Waals surface area contributed by atoms with Crippen LogP contribution in [0.3, 0.4) is 0 Å². The fourth-order valence-corrected chi connectivity index (χ4v) is 3.04. The molecule has 1 aromatic carbocycles. The molecule has 0 radical (unpaired) electrons. The highest BCUT2D eigenvalue weighted by molar-refractivity contribution is 9.10. The maximum Gasteiger partial charge on any atom is 0.168 e. The number of hydrogen-bond donors (Lipinski definition) is 0. The van der Waals surface area contributed by atoms with Crippen molar-refractivity contribution in [3.8, 4) is 0 Å². The number of benzene rings is 1. The molecule has 0 saturated heterocycles. The summed E-state index contributed by atoms with van der Waals surface area (Å²) in [5.41, 5.74) is 2.68. The highest BCUT2D eigenvalue weighted by Gasteiger charge is 2.17. The van der Waals surface area contributed by atoms with Crippen molar-refractivity contribution in [3.63, 3.8) is 0 Å². The van der Waals surface area contributed by atoms with Crippen molar-refractivity contribution in [2.75, 3.05) is 0 Å². The Balaban J connectivity index is 2.27. The van der Waals surface area contributed by atoms with Crippen molar-refractivity contribution in [1.29, 1.82) is 0 Å². The summed E-state index contributed by atoms with van der Waals surface area (Å²) in [7, 11) is 0. The zero-order chi connectivity index (χ0) is 14.7. The van der Waals surface area contributed by atoms with Gasteiger partial charge >= 0.3 is 0 Å². The summed E-state index contributed by atoms with van der Waals surface area (Å²) in [5, 5.41) is 4.52. The molecule has 5 heteroatoms. The molecule has 0 amide bonds. The average Bonchev–Trinajstić information content (AvgIpc) is 2.76. The third-order valence-corrected chi connectivity index (χ3v) is 4.63. The van der Waals surface area contributed by atoms with Gasteiger partial charge in [-0.25, -0.2) is 0 Å². The predicted molar refractivity (Wildman–Crippen MR) is 87.2 cm³/mol. The first-order valence-electron chi connectivity index (χ1n) is 6.59. The Hall–Kier alpha value is -0.940. The van der Waals surface area contributed by atoms with Crippen LogP contribution in [0.2, 0.25) is 0 Å². The molecular weight excluding hydrogens is 384 g/mol. The minimum atomic E-state index is 0.107. The van der Waals surface area contributed by atoms with E-state index in [0.717, 1.165) is 38.9 Å². The van der Waals surface area contributed by atoms with Crippen molar-refractivity contribution in [1.82, 2.24) is 9.78 Å². The fraction of sp³-hybridized carbons (Fsp3) is 0.333. The molecule has 1 aromatic heterocycles. The molecule has 0 aliphatic heterocycles. The lowest BCUT2D eigenvalue weighted by atomic mass is 10.1. The second-order valence-corrected chi connectivity index (χ2v) is 6.19. The van der Waals surface area contributed by atoms with E-state index in [9.17, 15) is 4.79 Å². The van der Waals surface area contributed by atoms with Gasteiger partial charge in [0.1, 0.15) is 0 Å². The van der Waals surface area contributed by atoms with E-state index in [1.54, 1.807) is 0 Å². The number of carbonyl (C=O) groups excluding carboxylic acids is 1. The van der Waals surface area contributed by atoms with Crippen molar-refractivity contribution >= 4 is 37.6 Å². The van der Waals surface area contributed by atoms with Crippen LogP contribution < -0.4 is 0 Å². The molecule has 0 saturated carbocycles. The number of halogens is 2. The number of carbonyl (C=O) groups is 1. The second kappa shape index (κ2) is 6.68. The van der Waals surface area contributed by atoms with Gasteiger partial charge in [0, 0.05) is 16.6 Å². The first-order valence-corrected chi connectivity index (χ1v) is 8.18. The van der Waals surface area contributed by atoms with E-state index in [1.165, 1.54) is 0 Å². The van der Waals surface area contributed by atoms with Gasteiger partial charge in [-0.15, -0.1) is 0 Å². The molecule has 2 aromatic rings. The zero-order valence-corrected chi connectivity index (χ0v) is 14.7. The Bertz CT molecular complexity index is 618. The molecule has 0 aliphatic carbocycles. The van der Waals surface area contributed by atoms with E-state index in [1.807, 2.05) is 35.9 Å². The third-order valence-electron chi connectivity index (χ3n) is 3.19. The first-order chi connectivity index (χ1) is 9.56. The Morgan fingerprint density at radius 3 is 2.40 bits per heavy atom. The van der Waals surface area contributed by atoms with Crippen molar-refractivity contribution in [2.45, 2.75) is 33.2 Å². The summed E-state index contributed by atoms with van der Waals surface area (Å²) in [6.07, 6.45) is 1.22. The lowest BCUT2D eigenvalue weighted by molar-refractivity contribution is 0.0990. The standard InChI is InChI=1S/C15H16Br2N2O/c1-3-12-15(17)13(19(4-2)18-12)9-14(20)10-5-7-11(16)8-6-10/h5-8H,3-4,9H2,1-2H3. The summed E-state index contributed by atoms with van der Waals surface area (Å²) in [6, 6.07) is 7.45. The molecule has 0 unspecified atom stereocenters. The molecule has 3 nitrogen and oxygen atoms in total. The van der Waals surface area contributed by atoms with Crippen LogP contribution in [0.5, 0.6) is 0 Å². The summed E-state index contributed by atoms with van der Waals surface area (Å²) >= 11 is 6.95. The minimum Gasteiger partial charge on any atom is -0.294 e. The fourth-order valence-electron chi connectivity index (χ4n) is 2.08. The molecule has 106 valence electrons. The first kappa shape index (κ1) is 15.4. The molecule has 2 rings (SSSR count). The van der Waals surface area contributed by atoms with Gasteiger partial charge in [-0.05, 0) is 41.4 Å². The van der Waals surface area contributed by atoms with E-state index in [2.05, 4.69) is 43.9 Å². The molecular formula is C15H16Br2N2O. The van der Waals surface area contributed by atoms with E-state index in [-0.39, 0.29) is 5.78 Å². The second-order valence-electron chi connectivity index (χ2n) is 4.48. The van der Waals surface area contributed by atoms with Gasteiger partial charge in [0.2, 0.25) is 0 Å². The number of aryl methyl sites for hydroxylation is 2. The monoisotopic (exact) mass is 398 g/mol. The molecule has 20 heavy (non-hydrogen) atoms. The molecule has 0 bridgehead atoms. The average molecular weight is 400 g/mol. The van der Waals surface area contributed by atoms with Crippen molar-refractivity contribution < 1.29 is 4.79 Å². The number of Topliss-reactive ketones (excluding diaryl/α,β-unsaturated/α-hetero) is 1. The minimum absolute atomic E-state index is 0.107. The normalized spacial score (nSPS) is 10.8. The molecule has 0 fully saturated rings. The summed E-state index contributed by atoms with van der Waals surface area (Å²) in [5.74, 6) is 0.107. The zero-order valence-electron chi connectivity index (χ0n) is 11.5. The van der Waals surface area contributed by atoms with Crippen LogP contribution in [0, 0.1) is 0 Å². The van der Waals surface area contributed by atoms with E-state index < -0.39 is 0 Å². The molecule has 0 aliphatic rings. The maximum absolute atomic E-state index is 12.4. The summed E-state index contributed by atoms with van der Waals surface area (Å²) < 4.78 is 3.84. The molecule has 0 spiro atoms. The van der Waals surface area contributed by atoms with Crippen LogP contribution in [0.25, 0.3) is 0 Å². The number of hydrogen-bond acceptors (Lipinski definition) is 2. The third kappa shape index (κ3) is 3.20. The van der Waals surface area contributed by atoms with E-state index in [0.29, 0.717) is 6.42 Å². The van der Waals surface area contributed by atoms with Crippen LogP contribution in [-0.4, -0.2) is 15.6 Å². The van der Waals surface area contributed by atoms with Gasteiger partial charge in [-0.2, -0.15) is 5.10 Å². The largest absolute Gasteiger partial charge is 0.294 e. The number of nitrogens with zero attached hydrogens (tertiary/aromatic N) is 2. The van der Waals surface area contributed by atoms with E-state index in [4.69, 9.17) is 0 Å². The van der Waals surface area contributed by atoms with Crippen LogP contribution in [0.1, 0.15) is 35.6 Å². The van der Waals surface area contributed by atoms with E-state index >= 15 is 0 Å². The van der Waals surface area contributed by atoms with Crippen LogP contribution >= 0.6 is 31.9 Å². The molecule has 0 atom stereocenters. The predicted octanol–water partition coefficient (Wildman–Crippen LogP) is 4.42. The number of rotatable bonds is 5. The highest BCUT2D eigenvalue weighted by atomic mass is 79.9. The van der Waals surface area contributed by atoms with Crippen LogP contribution in [-0.2, 0) is 19.4 Å². The van der Waals surface area contributed by atoms with Gasteiger partial charge in [0.05, 0.1) is 22.3 Å². The smallest absolute Gasteiger partial charge is 0.168 e. The van der Waals surface area contributed by atoms with Gasteiger partial charge in [-0.1, -0.05) is 35.0 Å². The van der Waals surface area contributed by atoms with Crippen LogP contribution in [0.4, 0.5) is 0 Å². The number of ketones is 1. The Morgan fingerprint density at radius 2 is 1.85 bits per heavy atom. The quantitative estimate of drug-likeness (QED) is 0.697. The Morgan fingerprint density at radius 1 is 1.20 bits per heavy atom. The Labute approximate surface area is 135 Å². The lowest BCUT2D eigenvalue weighted by Gasteiger charge is -2.05. The van der Waals surface area contributed by atoms with Gasteiger partial charge in [0.25, 0.3) is 0 Å². The highest BCUT2D eigenvalue weighted by Crippen LogP contribution is 2.24. The molecule has 0 N–H and O–H groups in total. The molecule has 1 heterocycles. The lowest BCUT2D eigenvalue weighted by Crippen LogP contribution is -2.10. The Kier molecular flexibility index (Phi) is 5.16. The summed E-state index contributed by atoms with van der Waals surface area (Å²) in [6.45, 7) is 4.86. The van der Waals surface area contributed by atoms with Gasteiger partial charge in [-0.3, -0.25) is 9.48 Å². The van der Waals surface area contributed by atoms with Gasteiger partial charge in [0.15, 0.2) is 5.78 Å². The van der Waals surface area contributed by atoms with Crippen molar-refractivity contribution in [3.05, 3.63) is 50.2 Å². The van der Waals surface area contributed by atoms with Gasteiger partial charge < -0.3 is 0 Å². The SMILES string of the molecule is CCc1nn(CC)c(CC(=O)c2ccc(Br)cc2)c1Br.